The molecule has 3 rings (SSSR count). The van der Waals surface area contributed by atoms with E-state index < -0.39 is 0 Å². The second-order valence-corrected chi connectivity index (χ2v) is 9.09. The molecule has 2 aromatic carbocycles. The van der Waals surface area contributed by atoms with Gasteiger partial charge in [-0.15, -0.1) is 10.2 Å². The zero-order chi connectivity index (χ0) is 23.8. The van der Waals surface area contributed by atoms with Crippen LogP contribution in [0.3, 0.4) is 0 Å². The molecule has 0 radical (unpaired) electrons. The van der Waals surface area contributed by atoms with Crippen LogP contribution in [-0.2, 0) is 17.8 Å². The average Bonchev–Trinajstić information content (AvgIpc) is 3.20. The van der Waals surface area contributed by atoms with Gasteiger partial charge in [0.15, 0.2) is 28.6 Å². The van der Waals surface area contributed by atoms with E-state index in [1.165, 1.54) is 17.3 Å². The van der Waals surface area contributed by atoms with Crippen LogP contribution in [0, 0.1) is 5.92 Å². The minimum atomic E-state index is -0.340. The second kappa shape index (κ2) is 11.7. The number of aryl methyl sites for hydroxylation is 1. The van der Waals surface area contributed by atoms with Crippen molar-refractivity contribution in [2.75, 3.05) is 18.2 Å². The summed E-state index contributed by atoms with van der Waals surface area (Å²) in [6.45, 7) is 9.04. The highest BCUT2D eigenvalue weighted by atomic mass is 32.2. The summed E-state index contributed by atoms with van der Waals surface area (Å²) in [6, 6.07) is 15.4. The van der Waals surface area contributed by atoms with Crippen LogP contribution < -0.4 is 14.8 Å². The SMILES string of the molecule is CCc1ccc(NC(=O)CSc2nnc(C(C)Oc3ccccc3OC)n2CC(C)C)cc1. The van der Waals surface area contributed by atoms with E-state index in [0.717, 1.165) is 18.7 Å². The van der Waals surface area contributed by atoms with Gasteiger partial charge >= 0.3 is 0 Å². The minimum Gasteiger partial charge on any atom is -0.493 e. The van der Waals surface area contributed by atoms with Crippen molar-refractivity contribution in [3.05, 3.63) is 59.9 Å². The number of nitrogens with one attached hydrogen (secondary N) is 1. The predicted octanol–water partition coefficient (Wildman–Crippen LogP) is 5.38. The molecule has 0 aliphatic carbocycles. The Morgan fingerprint density at radius 3 is 2.39 bits per heavy atom. The highest BCUT2D eigenvalue weighted by molar-refractivity contribution is 7.99. The number of carbonyl (C=O) groups is 1. The van der Waals surface area contributed by atoms with Crippen LogP contribution in [0.15, 0.2) is 53.7 Å². The lowest BCUT2D eigenvalue weighted by molar-refractivity contribution is -0.113. The summed E-state index contributed by atoms with van der Waals surface area (Å²) < 4.78 is 13.6. The smallest absolute Gasteiger partial charge is 0.234 e. The normalized spacial score (nSPS) is 11.9. The summed E-state index contributed by atoms with van der Waals surface area (Å²) in [5.74, 6) is 2.57. The lowest BCUT2D eigenvalue weighted by atomic mass is 10.1. The van der Waals surface area contributed by atoms with Crippen LogP contribution in [0.4, 0.5) is 5.69 Å². The van der Waals surface area contributed by atoms with Crippen LogP contribution in [-0.4, -0.2) is 33.5 Å². The molecule has 1 aromatic heterocycles. The lowest BCUT2D eigenvalue weighted by Gasteiger charge is -2.19. The zero-order valence-corrected chi connectivity index (χ0v) is 20.7. The van der Waals surface area contributed by atoms with E-state index in [-0.39, 0.29) is 17.8 Å². The van der Waals surface area contributed by atoms with Gasteiger partial charge in [0.2, 0.25) is 5.91 Å². The van der Waals surface area contributed by atoms with Crippen molar-refractivity contribution in [3.8, 4) is 11.5 Å². The molecule has 1 atom stereocenters. The van der Waals surface area contributed by atoms with Crippen LogP contribution in [0.2, 0.25) is 0 Å². The van der Waals surface area contributed by atoms with Gasteiger partial charge in [-0.05, 0) is 49.1 Å². The Kier molecular flexibility index (Phi) is 8.77. The molecule has 33 heavy (non-hydrogen) atoms. The van der Waals surface area contributed by atoms with Crippen molar-refractivity contribution < 1.29 is 14.3 Å². The molecule has 7 nitrogen and oxygen atoms in total. The maximum absolute atomic E-state index is 12.5. The summed E-state index contributed by atoms with van der Waals surface area (Å²) in [5, 5.41) is 12.4. The summed E-state index contributed by atoms with van der Waals surface area (Å²) >= 11 is 1.37. The maximum atomic E-state index is 12.5. The Hall–Kier alpha value is -3.00. The molecule has 0 fully saturated rings. The summed E-state index contributed by atoms with van der Waals surface area (Å²) in [6.07, 6.45) is 0.629. The fourth-order valence-electron chi connectivity index (χ4n) is 3.35. The molecular formula is C25H32N4O3S. The van der Waals surface area contributed by atoms with Gasteiger partial charge in [0, 0.05) is 12.2 Å². The van der Waals surface area contributed by atoms with E-state index in [1.54, 1.807) is 7.11 Å². The Morgan fingerprint density at radius 2 is 1.76 bits per heavy atom. The minimum absolute atomic E-state index is 0.0804. The fourth-order valence-corrected chi connectivity index (χ4v) is 4.11. The topological polar surface area (TPSA) is 78.3 Å². The van der Waals surface area contributed by atoms with Crippen LogP contribution in [0.1, 0.15) is 45.2 Å². The molecule has 0 aliphatic rings. The maximum Gasteiger partial charge on any atom is 0.234 e. The van der Waals surface area contributed by atoms with E-state index in [2.05, 4.69) is 36.3 Å². The quantitative estimate of drug-likeness (QED) is 0.381. The third kappa shape index (κ3) is 6.74. The Morgan fingerprint density at radius 1 is 1.06 bits per heavy atom. The number of rotatable bonds is 11. The van der Waals surface area contributed by atoms with Crippen molar-refractivity contribution in [2.24, 2.45) is 5.92 Å². The standard InChI is InChI=1S/C25H32N4O3S/c1-6-19-11-13-20(14-12-19)26-23(30)16-33-25-28-27-24(29(25)15-17(2)3)18(4)32-22-10-8-7-9-21(22)31-5/h7-14,17-18H,6,15-16H2,1-5H3,(H,26,30). The number of aromatic nitrogens is 3. The van der Waals surface area contributed by atoms with Crippen molar-refractivity contribution in [1.29, 1.82) is 0 Å². The number of thioether (sulfide) groups is 1. The van der Waals surface area contributed by atoms with Gasteiger partial charge in [0.05, 0.1) is 12.9 Å². The molecule has 0 spiro atoms. The number of nitrogens with zero attached hydrogens (tertiary/aromatic N) is 3. The highest BCUT2D eigenvalue weighted by Crippen LogP contribution is 2.31. The van der Waals surface area contributed by atoms with Crippen molar-refractivity contribution in [2.45, 2.75) is 51.9 Å². The van der Waals surface area contributed by atoms with Crippen LogP contribution in [0.25, 0.3) is 0 Å². The monoisotopic (exact) mass is 468 g/mol. The summed E-state index contributed by atoms with van der Waals surface area (Å²) in [7, 11) is 1.62. The molecule has 1 N–H and O–H groups in total. The zero-order valence-electron chi connectivity index (χ0n) is 19.9. The molecule has 176 valence electrons. The number of carbonyl (C=O) groups excluding carboxylic acids is 1. The van der Waals surface area contributed by atoms with Gasteiger partial charge in [0.1, 0.15) is 0 Å². The van der Waals surface area contributed by atoms with Crippen molar-refractivity contribution >= 4 is 23.4 Å². The highest BCUT2D eigenvalue weighted by Gasteiger charge is 2.22. The first-order chi connectivity index (χ1) is 15.9. The molecule has 0 saturated heterocycles. The van der Waals surface area contributed by atoms with E-state index in [0.29, 0.717) is 28.4 Å². The number of ether oxygens (including phenoxy) is 2. The first-order valence-electron chi connectivity index (χ1n) is 11.2. The molecule has 1 amide bonds. The van der Waals surface area contributed by atoms with Gasteiger partial charge in [-0.25, -0.2) is 0 Å². The number of amides is 1. The first kappa shape index (κ1) is 24.6. The molecule has 1 heterocycles. The average molecular weight is 469 g/mol. The number of benzene rings is 2. The van der Waals surface area contributed by atoms with Crippen molar-refractivity contribution in [1.82, 2.24) is 14.8 Å². The van der Waals surface area contributed by atoms with E-state index in [9.17, 15) is 4.79 Å². The number of methoxy groups -OCH3 is 1. The summed E-state index contributed by atoms with van der Waals surface area (Å²) in [4.78, 5) is 12.5. The molecule has 0 aliphatic heterocycles. The van der Waals surface area contributed by atoms with Gasteiger partial charge in [0.25, 0.3) is 0 Å². The Balaban J connectivity index is 1.69. The number of para-hydroxylation sites is 2. The van der Waals surface area contributed by atoms with Gasteiger partial charge in [-0.3, -0.25) is 4.79 Å². The largest absolute Gasteiger partial charge is 0.493 e. The third-order valence-electron chi connectivity index (χ3n) is 5.01. The summed E-state index contributed by atoms with van der Waals surface area (Å²) in [5.41, 5.74) is 2.03. The predicted molar refractivity (Wildman–Crippen MR) is 132 cm³/mol. The molecule has 1 unspecified atom stereocenters. The molecular weight excluding hydrogens is 436 g/mol. The lowest BCUT2D eigenvalue weighted by Crippen LogP contribution is -2.17. The first-order valence-corrected chi connectivity index (χ1v) is 12.1. The van der Waals surface area contributed by atoms with E-state index in [4.69, 9.17) is 9.47 Å². The van der Waals surface area contributed by atoms with Gasteiger partial charge in [-0.2, -0.15) is 0 Å². The van der Waals surface area contributed by atoms with Crippen LogP contribution >= 0.6 is 11.8 Å². The van der Waals surface area contributed by atoms with E-state index >= 15 is 0 Å². The molecule has 8 heteroatoms. The number of anilines is 1. The van der Waals surface area contributed by atoms with Gasteiger partial charge in [-0.1, -0.05) is 56.8 Å². The second-order valence-electron chi connectivity index (χ2n) is 8.14. The van der Waals surface area contributed by atoms with Crippen LogP contribution in [0.5, 0.6) is 11.5 Å². The fraction of sp³-hybridized carbons (Fsp3) is 0.400. The van der Waals surface area contributed by atoms with Gasteiger partial charge < -0.3 is 19.4 Å². The Labute approximate surface area is 199 Å². The Bertz CT molecular complexity index is 1050. The molecule has 0 bridgehead atoms. The third-order valence-corrected chi connectivity index (χ3v) is 5.97. The number of hydrogen-bond acceptors (Lipinski definition) is 6. The van der Waals surface area contributed by atoms with E-state index in [1.807, 2.05) is 60.0 Å². The molecule has 3 aromatic rings. The van der Waals surface area contributed by atoms with Crippen molar-refractivity contribution in [3.63, 3.8) is 0 Å². The number of hydrogen-bond donors (Lipinski definition) is 1. The molecule has 0 saturated carbocycles.